The summed E-state index contributed by atoms with van der Waals surface area (Å²) in [6.45, 7) is 14.2. The third-order valence-corrected chi connectivity index (χ3v) is 12.4. The summed E-state index contributed by atoms with van der Waals surface area (Å²) < 4.78 is 0. The number of anilines is 1. The Hall–Kier alpha value is -2.02. The van der Waals surface area contributed by atoms with E-state index in [2.05, 4.69) is 53.0 Å². The zero-order valence-corrected chi connectivity index (χ0v) is 20.1. The Kier molecular flexibility index (Phi) is 8.13. The number of amides is 1. The Morgan fingerprint density at radius 1 is 0.897 bits per heavy atom. The lowest BCUT2D eigenvalue weighted by Gasteiger charge is -2.38. The van der Waals surface area contributed by atoms with Crippen LogP contribution in [0.3, 0.4) is 0 Å². The van der Waals surface area contributed by atoms with Crippen LogP contribution in [0.25, 0.3) is 0 Å². The molecule has 0 atom stereocenters. The maximum absolute atomic E-state index is 12.3. The molecule has 0 unspecified atom stereocenters. The second-order valence-electron chi connectivity index (χ2n) is 8.49. The van der Waals surface area contributed by atoms with Crippen LogP contribution >= 0.6 is 11.6 Å². The highest BCUT2D eigenvalue weighted by molar-refractivity contribution is 6.90. The molecule has 0 heterocycles. The van der Waals surface area contributed by atoms with E-state index in [0.29, 0.717) is 23.2 Å². The van der Waals surface area contributed by atoms with Gasteiger partial charge in [0.25, 0.3) is 0 Å². The predicted octanol–water partition coefficient (Wildman–Crippen LogP) is 7.62. The summed E-state index contributed by atoms with van der Waals surface area (Å²) in [5, 5.41) is -0.497. The van der Waals surface area contributed by atoms with E-state index in [1.807, 2.05) is 54.6 Å². The minimum atomic E-state index is -1.87. The third kappa shape index (κ3) is 5.32. The molecular formula is C25H32ClNOSi. The SMILES string of the molecule is CC(C)[Si](C#Cc1ccccc1N(Cc1ccccc1)C(=O)Cl)(C(C)C)C(C)C. The summed E-state index contributed by atoms with van der Waals surface area (Å²) in [6.07, 6.45) is 0. The van der Waals surface area contributed by atoms with Gasteiger partial charge < -0.3 is 0 Å². The lowest BCUT2D eigenvalue weighted by molar-refractivity contribution is 0.264. The molecule has 0 aliphatic carbocycles. The van der Waals surface area contributed by atoms with Crippen molar-refractivity contribution in [1.29, 1.82) is 0 Å². The fourth-order valence-corrected chi connectivity index (χ4v) is 9.80. The van der Waals surface area contributed by atoms with E-state index in [0.717, 1.165) is 16.8 Å². The normalized spacial score (nSPS) is 11.5. The Balaban J connectivity index is 2.52. The first-order valence-corrected chi connectivity index (χ1v) is 12.9. The summed E-state index contributed by atoms with van der Waals surface area (Å²) in [5.74, 6) is 3.48. The van der Waals surface area contributed by atoms with Crippen molar-refractivity contribution >= 4 is 30.7 Å². The number of carbonyl (C=O) groups excluding carboxylic acids is 1. The molecule has 29 heavy (non-hydrogen) atoms. The second-order valence-corrected chi connectivity index (χ2v) is 14.4. The summed E-state index contributed by atoms with van der Waals surface area (Å²) in [6, 6.07) is 17.7. The van der Waals surface area contributed by atoms with Gasteiger partial charge in [-0.2, -0.15) is 0 Å². The third-order valence-electron chi connectivity index (χ3n) is 5.87. The van der Waals surface area contributed by atoms with E-state index >= 15 is 0 Å². The number of hydrogen-bond donors (Lipinski definition) is 0. The molecule has 0 saturated heterocycles. The first-order chi connectivity index (χ1) is 13.7. The minimum absolute atomic E-state index is 0.420. The van der Waals surface area contributed by atoms with Gasteiger partial charge in [0.15, 0.2) is 0 Å². The van der Waals surface area contributed by atoms with E-state index < -0.39 is 13.4 Å². The Morgan fingerprint density at radius 2 is 1.41 bits per heavy atom. The fraction of sp³-hybridized carbons (Fsp3) is 0.400. The standard InChI is InChI=1S/C25H32ClNOSi/c1-19(2)29(20(3)4,21(5)6)17-16-23-14-10-11-15-24(23)27(25(26)28)18-22-12-8-7-9-13-22/h7-15,19-21H,18H2,1-6H3. The quantitative estimate of drug-likeness (QED) is 0.201. The van der Waals surface area contributed by atoms with Gasteiger partial charge in [-0.1, -0.05) is 89.9 Å². The Bertz CT molecular complexity index is 859. The number of hydrogen-bond acceptors (Lipinski definition) is 1. The largest absolute Gasteiger partial charge is 0.321 e. The molecular weight excluding hydrogens is 394 g/mol. The van der Waals surface area contributed by atoms with Crippen LogP contribution in [0, 0.1) is 11.5 Å². The van der Waals surface area contributed by atoms with Gasteiger partial charge >= 0.3 is 5.37 Å². The summed E-state index contributed by atoms with van der Waals surface area (Å²) >= 11 is 5.99. The van der Waals surface area contributed by atoms with Crippen LogP contribution < -0.4 is 4.90 Å². The molecule has 0 aromatic heterocycles. The van der Waals surface area contributed by atoms with Crippen LogP contribution in [-0.2, 0) is 6.54 Å². The van der Waals surface area contributed by atoms with E-state index in [1.165, 1.54) is 0 Å². The first-order valence-electron chi connectivity index (χ1n) is 10.3. The molecule has 0 spiro atoms. The number of para-hydroxylation sites is 1. The van der Waals surface area contributed by atoms with Gasteiger partial charge in [0.2, 0.25) is 0 Å². The highest BCUT2D eigenvalue weighted by Crippen LogP contribution is 2.41. The van der Waals surface area contributed by atoms with Gasteiger partial charge in [0.05, 0.1) is 12.2 Å². The van der Waals surface area contributed by atoms with Crippen molar-refractivity contribution in [3.05, 3.63) is 65.7 Å². The molecule has 0 saturated carbocycles. The van der Waals surface area contributed by atoms with Crippen molar-refractivity contribution < 1.29 is 4.79 Å². The Morgan fingerprint density at radius 3 is 1.93 bits per heavy atom. The van der Waals surface area contributed by atoms with Crippen LogP contribution in [0.5, 0.6) is 0 Å². The zero-order chi connectivity index (χ0) is 21.6. The van der Waals surface area contributed by atoms with Crippen molar-refractivity contribution in [2.24, 2.45) is 0 Å². The fourth-order valence-electron chi connectivity index (χ4n) is 4.43. The van der Waals surface area contributed by atoms with Gasteiger partial charge in [-0.25, -0.2) is 0 Å². The van der Waals surface area contributed by atoms with Crippen LogP contribution in [0.2, 0.25) is 16.6 Å². The zero-order valence-electron chi connectivity index (χ0n) is 18.4. The molecule has 0 N–H and O–H groups in total. The van der Waals surface area contributed by atoms with Gasteiger partial charge in [0.1, 0.15) is 8.07 Å². The first kappa shape index (κ1) is 23.3. The topological polar surface area (TPSA) is 20.3 Å². The lowest BCUT2D eigenvalue weighted by Crippen LogP contribution is -2.43. The molecule has 2 aromatic carbocycles. The number of carbonyl (C=O) groups is 1. The summed E-state index contributed by atoms with van der Waals surface area (Å²) in [5.41, 5.74) is 8.06. The van der Waals surface area contributed by atoms with Crippen LogP contribution in [0.4, 0.5) is 10.5 Å². The average Bonchev–Trinajstić information content (AvgIpc) is 2.67. The second kappa shape index (κ2) is 10.1. The molecule has 2 aromatic rings. The van der Waals surface area contributed by atoms with Crippen molar-refractivity contribution in [3.63, 3.8) is 0 Å². The molecule has 0 bridgehead atoms. The van der Waals surface area contributed by atoms with E-state index in [4.69, 9.17) is 11.6 Å². The van der Waals surface area contributed by atoms with Crippen LogP contribution in [0.1, 0.15) is 52.7 Å². The van der Waals surface area contributed by atoms with Crippen LogP contribution in [-0.4, -0.2) is 13.4 Å². The van der Waals surface area contributed by atoms with Gasteiger partial charge in [0, 0.05) is 5.56 Å². The number of benzene rings is 2. The van der Waals surface area contributed by atoms with E-state index in [-0.39, 0.29) is 0 Å². The number of rotatable bonds is 6. The van der Waals surface area contributed by atoms with E-state index in [1.54, 1.807) is 4.90 Å². The molecule has 0 aliphatic heterocycles. The molecule has 0 aliphatic rings. The molecule has 4 heteroatoms. The number of nitrogens with zero attached hydrogens (tertiary/aromatic N) is 1. The summed E-state index contributed by atoms with van der Waals surface area (Å²) in [4.78, 5) is 13.9. The van der Waals surface area contributed by atoms with Gasteiger partial charge in [-0.3, -0.25) is 9.69 Å². The maximum Gasteiger partial charge on any atom is 0.321 e. The Labute approximate surface area is 182 Å². The van der Waals surface area contributed by atoms with Crippen molar-refractivity contribution in [2.75, 3.05) is 4.90 Å². The highest BCUT2D eigenvalue weighted by atomic mass is 35.5. The highest BCUT2D eigenvalue weighted by Gasteiger charge is 2.41. The maximum atomic E-state index is 12.3. The molecule has 154 valence electrons. The monoisotopic (exact) mass is 425 g/mol. The van der Waals surface area contributed by atoms with Gasteiger partial charge in [-0.15, -0.1) is 5.54 Å². The predicted molar refractivity (Wildman–Crippen MR) is 128 cm³/mol. The van der Waals surface area contributed by atoms with Crippen molar-refractivity contribution in [1.82, 2.24) is 0 Å². The summed E-state index contributed by atoms with van der Waals surface area (Å²) in [7, 11) is -1.87. The van der Waals surface area contributed by atoms with Crippen LogP contribution in [0.15, 0.2) is 54.6 Å². The minimum Gasteiger partial charge on any atom is -0.293 e. The molecule has 2 nitrogen and oxygen atoms in total. The van der Waals surface area contributed by atoms with Crippen molar-refractivity contribution in [3.8, 4) is 11.5 Å². The smallest absolute Gasteiger partial charge is 0.293 e. The molecule has 0 fully saturated rings. The lowest BCUT2D eigenvalue weighted by atomic mass is 10.1. The van der Waals surface area contributed by atoms with E-state index in [9.17, 15) is 4.79 Å². The molecule has 1 amide bonds. The molecule has 0 radical (unpaired) electrons. The van der Waals surface area contributed by atoms with Gasteiger partial charge in [-0.05, 0) is 45.9 Å². The number of halogens is 1. The average molecular weight is 426 g/mol. The van der Waals surface area contributed by atoms with Crippen molar-refractivity contribution in [2.45, 2.75) is 64.7 Å². The molecule has 2 rings (SSSR count).